The summed E-state index contributed by atoms with van der Waals surface area (Å²) in [6.07, 6.45) is 4.53. The zero-order chi connectivity index (χ0) is 26.7. The van der Waals surface area contributed by atoms with Gasteiger partial charge in [0.25, 0.3) is 5.91 Å². The van der Waals surface area contributed by atoms with Gasteiger partial charge in [-0.15, -0.1) is 11.3 Å². The molecule has 196 valence electrons. The van der Waals surface area contributed by atoms with Crippen LogP contribution in [0.1, 0.15) is 53.6 Å². The van der Waals surface area contributed by atoms with Crippen molar-refractivity contribution in [3.8, 4) is 17.2 Å². The topological polar surface area (TPSA) is 69.2 Å². The van der Waals surface area contributed by atoms with E-state index in [1.165, 1.54) is 4.88 Å². The first kappa shape index (κ1) is 27.0. The van der Waals surface area contributed by atoms with Crippen LogP contribution in [0.3, 0.4) is 0 Å². The Morgan fingerprint density at radius 1 is 1.08 bits per heavy atom. The Morgan fingerprint density at radius 2 is 1.73 bits per heavy atom. The van der Waals surface area contributed by atoms with Gasteiger partial charge in [-0.1, -0.05) is 32.4 Å². The normalized spacial score (nSPS) is 15.4. The predicted molar refractivity (Wildman–Crippen MR) is 152 cm³/mol. The number of hydrogen-bond acceptors (Lipinski definition) is 6. The summed E-state index contributed by atoms with van der Waals surface area (Å²) in [5.41, 5.74) is 3.28. The van der Waals surface area contributed by atoms with Gasteiger partial charge in [0, 0.05) is 33.9 Å². The quantitative estimate of drug-likeness (QED) is 0.313. The molecular formula is C29H33ClN2O4S. The van der Waals surface area contributed by atoms with E-state index in [1.54, 1.807) is 75.3 Å². The van der Waals surface area contributed by atoms with Gasteiger partial charge in [-0.3, -0.25) is 4.79 Å². The lowest BCUT2D eigenvalue weighted by Gasteiger charge is -2.33. The minimum Gasteiger partial charge on any atom is -0.496 e. The van der Waals surface area contributed by atoms with E-state index < -0.39 is 0 Å². The van der Waals surface area contributed by atoms with E-state index >= 15 is 0 Å². The highest BCUT2D eigenvalue weighted by Gasteiger charge is 2.33. The van der Waals surface area contributed by atoms with Gasteiger partial charge in [-0.2, -0.15) is 0 Å². The predicted octanol–water partition coefficient (Wildman–Crippen LogP) is 7.58. The summed E-state index contributed by atoms with van der Waals surface area (Å²) < 4.78 is 16.5. The van der Waals surface area contributed by atoms with Crippen molar-refractivity contribution < 1.29 is 19.0 Å². The average Bonchev–Trinajstić information content (AvgIpc) is 3.25. The van der Waals surface area contributed by atoms with E-state index in [-0.39, 0.29) is 11.3 Å². The third kappa shape index (κ3) is 5.94. The Hall–Kier alpha value is -3.03. The first-order valence-electron chi connectivity index (χ1n) is 12.2. The second-order valence-electron chi connectivity index (χ2n) is 10.2. The summed E-state index contributed by atoms with van der Waals surface area (Å²) in [7, 11) is 4.77. The molecule has 1 atom stereocenters. The molecule has 0 fully saturated rings. The summed E-state index contributed by atoms with van der Waals surface area (Å²) in [6, 6.07) is 10.7. The molecule has 0 bridgehead atoms. The lowest BCUT2D eigenvalue weighted by atomic mass is 9.72. The SMILES string of the molecule is COc1cc(OC)c(C=Nc2sc3c(c2C(=O)Nc2ccc(Cl)cc2)CC[C@@H](C(C)(C)C)C3)c(OC)c1. The van der Waals surface area contributed by atoms with Crippen LogP contribution in [-0.4, -0.2) is 33.5 Å². The Bertz CT molecular complexity index is 1280. The van der Waals surface area contributed by atoms with Crippen LogP contribution in [-0.2, 0) is 12.8 Å². The minimum absolute atomic E-state index is 0.171. The maximum absolute atomic E-state index is 13.6. The van der Waals surface area contributed by atoms with Crippen molar-refractivity contribution in [2.24, 2.45) is 16.3 Å². The van der Waals surface area contributed by atoms with Crippen LogP contribution in [0.4, 0.5) is 10.7 Å². The lowest BCUT2D eigenvalue weighted by Crippen LogP contribution is -2.27. The summed E-state index contributed by atoms with van der Waals surface area (Å²) in [5.74, 6) is 2.13. The van der Waals surface area contributed by atoms with Gasteiger partial charge in [0.2, 0.25) is 0 Å². The Kier molecular flexibility index (Phi) is 8.14. The molecule has 0 radical (unpaired) electrons. The van der Waals surface area contributed by atoms with Gasteiger partial charge in [0.05, 0.1) is 32.5 Å². The number of amides is 1. The molecule has 8 heteroatoms. The first-order valence-corrected chi connectivity index (χ1v) is 13.4. The lowest BCUT2D eigenvalue weighted by molar-refractivity contribution is 0.102. The van der Waals surface area contributed by atoms with Crippen LogP contribution < -0.4 is 19.5 Å². The maximum Gasteiger partial charge on any atom is 0.259 e. The number of anilines is 1. The maximum atomic E-state index is 13.6. The Balaban J connectivity index is 1.76. The molecular weight excluding hydrogens is 508 g/mol. The highest BCUT2D eigenvalue weighted by molar-refractivity contribution is 7.16. The zero-order valence-electron chi connectivity index (χ0n) is 22.1. The molecule has 6 nitrogen and oxygen atoms in total. The number of aliphatic imine (C=N–C) groups is 1. The first-order chi connectivity index (χ1) is 17.6. The fourth-order valence-corrected chi connectivity index (χ4v) is 6.04. The number of methoxy groups -OCH3 is 3. The van der Waals surface area contributed by atoms with E-state index in [0.29, 0.717) is 50.0 Å². The van der Waals surface area contributed by atoms with Crippen LogP contribution in [0.15, 0.2) is 41.4 Å². The number of halogens is 1. The van der Waals surface area contributed by atoms with Crippen LogP contribution in [0.5, 0.6) is 17.2 Å². The van der Waals surface area contributed by atoms with Gasteiger partial charge in [0.15, 0.2) is 0 Å². The molecule has 4 rings (SSSR count). The van der Waals surface area contributed by atoms with E-state index in [4.69, 9.17) is 30.8 Å². The van der Waals surface area contributed by atoms with Crippen LogP contribution in [0.2, 0.25) is 5.02 Å². The number of benzene rings is 2. The van der Waals surface area contributed by atoms with E-state index in [9.17, 15) is 4.79 Å². The average molecular weight is 541 g/mol. The van der Waals surface area contributed by atoms with Crippen LogP contribution in [0, 0.1) is 11.3 Å². The number of hydrogen-bond donors (Lipinski definition) is 1. The van der Waals surface area contributed by atoms with Gasteiger partial charge >= 0.3 is 0 Å². The van der Waals surface area contributed by atoms with Gasteiger partial charge in [0.1, 0.15) is 22.2 Å². The van der Waals surface area contributed by atoms with Crippen molar-refractivity contribution in [3.63, 3.8) is 0 Å². The zero-order valence-corrected chi connectivity index (χ0v) is 23.7. The molecule has 2 aromatic carbocycles. The monoisotopic (exact) mass is 540 g/mol. The number of carbonyl (C=O) groups is 1. The number of ether oxygens (including phenoxy) is 3. The standard InChI is InChI=1S/C29H33ClN2O4S/c1-29(2,3)17-7-12-21-25(13-17)37-28(26(21)27(33)32-19-10-8-18(30)9-11-19)31-16-22-23(35-5)14-20(34-4)15-24(22)36-6/h8-11,14-17H,7,12-13H2,1-6H3,(H,32,33)/t17-/m1/s1. The molecule has 1 aliphatic carbocycles. The molecule has 1 amide bonds. The molecule has 1 N–H and O–H groups in total. The van der Waals surface area contributed by atoms with Crippen molar-refractivity contribution in [3.05, 3.63) is 63.0 Å². The Labute approximate surface area is 227 Å². The minimum atomic E-state index is -0.171. The number of fused-ring (bicyclic) bond motifs is 1. The number of thiophene rings is 1. The highest BCUT2D eigenvalue weighted by atomic mass is 35.5. The van der Waals surface area contributed by atoms with E-state index in [1.807, 2.05) is 0 Å². The number of nitrogens with zero attached hydrogens (tertiary/aromatic N) is 1. The third-order valence-electron chi connectivity index (χ3n) is 6.86. The molecule has 3 aromatic rings. The molecule has 37 heavy (non-hydrogen) atoms. The van der Waals surface area contributed by atoms with Crippen molar-refractivity contribution in [2.75, 3.05) is 26.6 Å². The van der Waals surface area contributed by atoms with Crippen molar-refractivity contribution in [1.82, 2.24) is 0 Å². The largest absolute Gasteiger partial charge is 0.496 e. The highest BCUT2D eigenvalue weighted by Crippen LogP contribution is 2.45. The summed E-state index contributed by atoms with van der Waals surface area (Å²) in [5, 5.41) is 4.32. The molecule has 1 aromatic heterocycles. The van der Waals surface area contributed by atoms with Crippen LogP contribution >= 0.6 is 22.9 Å². The van der Waals surface area contributed by atoms with Gasteiger partial charge in [-0.25, -0.2) is 4.99 Å². The molecule has 1 heterocycles. The molecule has 0 aliphatic heterocycles. The van der Waals surface area contributed by atoms with Crippen molar-refractivity contribution in [1.29, 1.82) is 0 Å². The van der Waals surface area contributed by atoms with Crippen molar-refractivity contribution in [2.45, 2.75) is 40.0 Å². The smallest absolute Gasteiger partial charge is 0.259 e. The number of carbonyl (C=O) groups excluding carboxylic acids is 1. The Morgan fingerprint density at radius 3 is 2.30 bits per heavy atom. The fraction of sp³-hybridized carbons (Fsp3) is 0.379. The molecule has 0 saturated heterocycles. The molecule has 0 unspecified atom stereocenters. The van der Waals surface area contributed by atoms with E-state index in [2.05, 4.69) is 26.1 Å². The summed E-state index contributed by atoms with van der Waals surface area (Å²) in [6.45, 7) is 6.85. The number of nitrogens with one attached hydrogen (secondary N) is 1. The van der Waals surface area contributed by atoms with Gasteiger partial charge in [-0.05, 0) is 60.4 Å². The third-order valence-corrected chi connectivity index (χ3v) is 8.28. The number of rotatable bonds is 7. The second-order valence-corrected chi connectivity index (χ2v) is 11.7. The second kappa shape index (κ2) is 11.2. The van der Waals surface area contributed by atoms with Crippen LogP contribution in [0.25, 0.3) is 0 Å². The fourth-order valence-electron chi connectivity index (χ4n) is 4.65. The van der Waals surface area contributed by atoms with Crippen molar-refractivity contribution >= 4 is 45.7 Å². The molecule has 0 spiro atoms. The summed E-state index contributed by atoms with van der Waals surface area (Å²) >= 11 is 7.62. The summed E-state index contributed by atoms with van der Waals surface area (Å²) in [4.78, 5) is 19.7. The van der Waals surface area contributed by atoms with E-state index in [0.717, 1.165) is 24.8 Å². The molecule has 0 saturated carbocycles. The van der Waals surface area contributed by atoms with Gasteiger partial charge < -0.3 is 19.5 Å². The molecule has 1 aliphatic rings.